The summed E-state index contributed by atoms with van der Waals surface area (Å²) in [5, 5.41) is 9.99. The number of nitrogens with zero attached hydrogens (tertiary/aromatic N) is 2. The molecular weight excluding hydrogens is 478 g/mol. The predicted octanol–water partition coefficient (Wildman–Crippen LogP) is 4.45. The lowest BCUT2D eigenvalue weighted by Crippen LogP contribution is -2.29. The molecule has 4 aromatic rings. The van der Waals surface area contributed by atoms with E-state index in [0.717, 1.165) is 42.6 Å². The summed E-state index contributed by atoms with van der Waals surface area (Å²) in [5.74, 6) is -0.590. The SMILES string of the molecule is CN(C)C(=O)c1ccc(CN(CCc2c[nH]c3ccccc23)[C@@H]2CCc3cc(/C=C/C(=O)NO)ccc32)[nH]1. The number of fused-ring (bicyclic) bond motifs is 2. The lowest BCUT2D eigenvalue weighted by atomic mass is 10.0. The fourth-order valence-electron chi connectivity index (χ4n) is 5.37. The standard InChI is InChI=1S/C30H33N5O3/c1-34(2)30(37)27-12-10-23(32-27)19-35(16-15-22-18-31-26-6-4-3-5-24(22)26)28-13-9-21-17-20(7-11-25(21)28)8-14-29(36)33-38/h3-8,10-12,14,17-18,28,31-32,38H,9,13,15-16,19H2,1-2H3,(H,33,36)/b14-8+/t28-/m1/s1. The molecule has 1 atom stereocenters. The van der Waals surface area contributed by atoms with Crippen molar-refractivity contribution < 1.29 is 14.8 Å². The van der Waals surface area contributed by atoms with Crippen molar-refractivity contribution in [2.24, 2.45) is 0 Å². The Kier molecular flexibility index (Phi) is 7.44. The zero-order valence-corrected chi connectivity index (χ0v) is 21.7. The summed E-state index contributed by atoms with van der Waals surface area (Å²) in [6.45, 7) is 1.56. The van der Waals surface area contributed by atoms with Crippen LogP contribution in [0.15, 0.2) is 66.9 Å². The fraction of sp³-hybridized carbons (Fsp3) is 0.267. The van der Waals surface area contributed by atoms with Crippen LogP contribution in [0, 0.1) is 0 Å². The molecule has 0 unspecified atom stereocenters. The van der Waals surface area contributed by atoms with Gasteiger partial charge in [-0.05, 0) is 65.8 Å². The maximum Gasteiger partial charge on any atom is 0.269 e. The van der Waals surface area contributed by atoms with Gasteiger partial charge in [0.25, 0.3) is 11.8 Å². The second-order valence-corrected chi connectivity index (χ2v) is 10.00. The molecule has 2 aromatic heterocycles. The van der Waals surface area contributed by atoms with Gasteiger partial charge in [0.15, 0.2) is 0 Å². The van der Waals surface area contributed by atoms with E-state index in [1.54, 1.807) is 30.6 Å². The maximum atomic E-state index is 12.4. The van der Waals surface area contributed by atoms with Crippen LogP contribution in [0.3, 0.4) is 0 Å². The quantitative estimate of drug-likeness (QED) is 0.151. The number of rotatable bonds is 9. The molecule has 0 radical (unpaired) electrons. The van der Waals surface area contributed by atoms with Crippen molar-refractivity contribution in [3.05, 3.63) is 101 Å². The smallest absolute Gasteiger partial charge is 0.269 e. The van der Waals surface area contributed by atoms with Gasteiger partial charge in [-0.2, -0.15) is 0 Å². The highest BCUT2D eigenvalue weighted by Crippen LogP contribution is 2.37. The molecule has 2 amide bonds. The number of aromatic nitrogens is 2. The van der Waals surface area contributed by atoms with Gasteiger partial charge in [-0.3, -0.25) is 19.7 Å². The molecule has 4 N–H and O–H groups in total. The molecule has 0 saturated heterocycles. The maximum absolute atomic E-state index is 12.4. The third kappa shape index (κ3) is 5.41. The van der Waals surface area contributed by atoms with E-state index >= 15 is 0 Å². The van der Waals surface area contributed by atoms with E-state index in [9.17, 15) is 9.59 Å². The summed E-state index contributed by atoms with van der Waals surface area (Å²) in [4.78, 5) is 34.6. The Hall–Kier alpha value is -4.14. The number of carbonyl (C=O) groups excluding carboxylic acids is 2. The fourth-order valence-corrected chi connectivity index (χ4v) is 5.37. The van der Waals surface area contributed by atoms with Crippen LogP contribution < -0.4 is 5.48 Å². The summed E-state index contributed by atoms with van der Waals surface area (Å²) in [6, 6.07) is 18.8. The second-order valence-electron chi connectivity index (χ2n) is 10.00. The minimum Gasteiger partial charge on any atom is -0.361 e. The highest BCUT2D eigenvalue weighted by Gasteiger charge is 2.28. The molecule has 0 bridgehead atoms. The number of H-pyrrole nitrogens is 2. The van der Waals surface area contributed by atoms with Gasteiger partial charge >= 0.3 is 0 Å². The van der Waals surface area contributed by atoms with E-state index in [1.165, 1.54) is 28.2 Å². The average molecular weight is 512 g/mol. The normalized spacial score (nSPS) is 14.9. The van der Waals surface area contributed by atoms with Crippen molar-refractivity contribution in [3.63, 3.8) is 0 Å². The van der Waals surface area contributed by atoms with E-state index in [4.69, 9.17) is 5.21 Å². The molecule has 2 heterocycles. The van der Waals surface area contributed by atoms with Crippen LogP contribution in [0.2, 0.25) is 0 Å². The Morgan fingerprint density at radius 1 is 1.13 bits per heavy atom. The molecule has 1 aliphatic carbocycles. The first-order valence-electron chi connectivity index (χ1n) is 12.9. The van der Waals surface area contributed by atoms with Crippen molar-refractivity contribution in [1.29, 1.82) is 0 Å². The van der Waals surface area contributed by atoms with Crippen molar-refractivity contribution in [3.8, 4) is 0 Å². The minimum atomic E-state index is -0.551. The van der Waals surface area contributed by atoms with Crippen molar-refractivity contribution >= 4 is 28.8 Å². The van der Waals surface area contributed by atoms with E-state index in [2.05, 4.69) is 51.4 Å². The predicted molar refractivity (Wildman–Crippen MR) is 148 cm³/mol. The number of benzene rings is 2. The van der Waals surface area contributed by atoms with Crippen LogP contribution in [0.1, 0.15) is 50.9 Å². The number of amides is 2. The molecule has 2 aromatic carbocycles. The molecule has 0 aliphatic heterocycles. The number of nitrogens with one attached hydrogen (secondary N) is 3. The summed E-state index contributed by atoms with van der Waals surface area (Å²) in [5.41, 5.74) is 9.16. The van der Waals surface area contributed by atoms with E-state index in [0.29, 0.717) is 12.2 Å². The van der Waals surface area contributed by atoms with Crippen molar-refractivity contribution in [2.45, 2.75) is 31.8 Å². The molecule has 5 rings (SSSR count). The lowest BCUT2D eigenvalue weighted by Gasteiger charge is -2.29. The van der Waals surface area contributed by atoms with E-state index in [1.807, 2.05) is 24.3 Å². The highest BCUT2D eigenvalue weighted by atomic mass is 16.5. The first kappa shape index (κ1) is 25.5. The minimum absolute atomic E-state index is 0.0386. The second kappa shape index (κ2) is 11.1. The summed E-state index contributed by atoms with van der Waals surface area (Å²) in [6.07, 6.45) is 7.98. The zero-order valence-electron chi connectivity index (χ0n) is 21.7. The van der Waals surface area contributed by atoms with Crippen LogP contribution >= 0.6 is 0 Å². The molecule has 0 fully saturated rings. The number of aromatic amines is 2. The number of hydrogen-bond acceptors (Lipinski definition) is 4. The first-order chi connectivity index (χ1) is 18.4. The van der Waals surface area contributed by atoms with Gasteiger partial charge in [-0.25, -0.2) is 5.48 Å². The average Bonchev–Trinajstić information content (AvgIpc) is 3.67. The van der Waals surface area contributed by atoms with Crippen molar-refractivity contribution in [2.75, 3.05) is 20.6 Å². The van der Waals surface area contributed by atoms with Gasteiger partial charge < -0.3 is 14.9 Å². The van der Waals surface area contributed by atoms with Gasteiger partial charge in [0, 0.05) is 62.1 Å². The molecule has 0 spiro atoms. The molecular formula is C30H33N5O3. The Morgan fingerprint density at radius 3 is 2.79 bits per heavy atom. The van der Waals surface area contributed by atoms with Crippen LogP contribution in [-0.4, -0.2) is 57.4 Å². The summed E-state index contributed by atoms with van der Waals surface area (Å²) in [7, 11) is 3.51. The van der Waals surface area contributed by atoms with Crippen LogP contribution in [-0.2, 0) is 24.2 Å². The third-order valence-electron chi connectivity index (χ3n) is 7.29. The zero-order chi connectivity index (χ0) is 26.6. The van der Waals surface area contributed by atoms with Crippen LogP contribution in [0.4, 0.5) is 0 Å². The third-order valence-corrected chi connectivity index (χ3v) is 7.29. The Bertz CT molecular complexity index is 1480. The number of hydrogen-bond donors (Lipinski definition) is 4. The molecule has 1 aliphatic rings. The summed E-state index contributed by atoms with van der Waals surface area (Å²) >= 11 is 0. The van der Waals surface area contributed by atoms with Gasteiger partial charge in [0.1, 0.15) is 5.69 Å². The molecule has 8 heteroatoms. The van der Waals surface area contributed by atoms with Gasteiger partial charge in [0.05, 0.1) is 0 Å². The Labute approximate surface area is 221 Å². The lowest BCUT2D eigenvalue weighted by molar-refractivity contribution is -0.124. The number of aryl methyl sites for hydroxylation is 1. The van der Waals surface area contributed by atoms with Crippen LogP contribution in [0.25, 0.3) is 17.0 Å². The largest absolute Gasteiger partial charge is 0.361 e. The Balaban J connectivity index is 1.40. The topological polar surface area (TPSA) is 104 Å². The number of para-hydroxylation sites is 1. The number of carbonyl (C=O) groups is 2. The van der Waals surface area contributed by atoms with Crippen LogP contribution in [0.5, 0.6) is 0 Å². The molecule has 0 saturated carbocycles. The molecule has 38 heavy (non-hydrogen) atoms. The van der Waals surface area contributed by atoms with Gasteiger partial charge in [0.2, 0.25) is 0 Å². The monoisotopic (exact) mass is 511 g/mol. The van der Waals surface area contributed by atoms with E-state index < -0.39 is 5.91 Å². The Morgan fingerprint density at radius 2 is 1.97 bits per heavy atom. The molecule has 196 valence electrons. The number of hydroxylamine groups is 1. The first-order valence-corrected chi connectivity index (χ1v) is 12.9. The van der Waals surface area contributed by atoms with E-state index in [-0.39, 0.29) is 11.9 Å². The highest BCUT2D eigenvalue weighted by molar-refractivity contribution is 5.92. The summed E-state index contributed by atoms with van der Waals surface area (Å²) < 4.78 is 0. The molecule has 8 nitrogen and oxygen atoms in total. The van der Waals surface area contributed by atoms with Gasteiger partial charge in [-0.1, -0.05) is 36.4 Å². The van der Waals surface area contributed by atoms with Crippen molar-refractivity contribution in [1.82, 2.24) is 25.2 Å². The van der Waals surface area contributed by atoms with Gasteiger partial charge in [-0.15, -0.1) is 0 Å².